The Morgan fingerprint density at radius 1 is 1.02 bits per heavy atom. The molecule has 3 amide bonds. The number of aromatic hydroxyl groups is 1. The number of anilines is 2. The number of methoxy groups -OCH3 is 1. The van der Waals surface area contributed by atoms with Crippen LogP contribution in [0.5, 0.6) is 17.2 Å². The zero-order valence-corrected chi connectivity index (χ0v) is 24.7. The van der Waals surface area contributed by atoms with Gasteiger partial charge < -0.3 is 24.9 Å². The first-order valence-corrected chi connectivity index (χ1v) is 15.0. The van der Waals surface area contributed by atoms with Gasteiger partial charge in [-0.05, 0) is 60.2 Å². The van der Waals surface area contributed by atoms with Crippen LogP contribution in [-0.2, 0) is 20.6 Å². The van der Waals surface area contributed by atoms with E-state index >= 15 is 0 Å². The van der Waals surface area contributed by atoms with E-state index < -0.39 is 51.4 Å². The van der Waals surface area contributed by atoms with Crippen molar-refractivity contribution in [2.24, 2.45) is 5.92 Å². The molecule has 1 saturated heterocycles. The number of alkyl halides is 3. The quantitative estimate of drug-likeness (QED) is 0.187. The summed E-state index contributed by atoms with van der Waals surface area (Å²) in [6.45, 7) is -0.385. The summed E-state index contributed by atoms with van der Waals surface area (Å²) in [7, 11) is 1.38. The summed E-state index contributed by atoms with van der Waals surface area (Å²) in [5, 5.41) is 11.4. The van der Waals surface area contributed by atoms with Gasteiger partial charge in [-0.2, -0.15) is 13.2 Å². The van der Waals surface area contributed by atoms with E-state index in [-0.39, 0.29) is 29.5 Å². The number of aromatic amines is 1. The third kappa shape index (κ3) is 5.76. The van der Waals surface area contributed by atoms with Gasteiger partial charge in [0, 0.05) is 16.5 Å². The Kier molecular flexibility index (Phi) is 7.82. The second-order valence-electron chi connectivity index (χ2n) is 10.1. The van der Waals surface area contributed by atoms with Gasteiger partial charge in [-0.15, -0.1) is 0 Å². The molecule has 0 spiro atoms. The topological polar surface area (TPSA) is 138 Å². The van der Waals surface area contributed by atoms with E-state index in [1.54, 1.807) is 12.1 Å². The van der Waals surface area contributed by atoms with Crippen LogP contribution in [0.15, 0.2) is 76.6 Å². The molecule has 45 heavy (non-hydrogen) atoms. The number of phenolic OH excluding ortho intramolecular Hbond substituents is 1. The maximum atomic E-state index is 13.9. The number of nitrogens with zero attached hydrogens (tertiary/aromatic N) is 1. The molecule has 2 aliphatic heterocycles. The summed E-state index contributed by atoms with van der Waals surface area (Å²) < 4.78 is 51.5. The van der Waals surface area contributed by atoms with Crippen molar-refractivity contribution in [3.63, 3.8) is 0 Å². The van der Waals surface area contributed by atoms with Gasteiger partial charge in [0.25, 0.3) is 5.91 Å². The summed E-state index contributed by atoms with van der Waals surface area (Å²) in [5.74, 6) is -3.27. The van der Waals surface area contributed by atoms with Gasteiger partial charge in [-0.25, -0.2) is 4.90 Å². The first-order valence-electron chi connectivity index (χ1n) is 13.3. The molecule has 2 unspecified atom stereocenters. The number of phenols is 1. The third-order valence-electron chi connectivity index (χ3n) is 7.31. The van der Waals surface area contributed by atoms with E-state index in [0.717, 1.165) is 46.2 Å². The van der Waals surface area contributed by atoms with Gasteiger partial charge >= 0.3 is 11.0 Å². The number of amides is 3. The SMILES string of the molecule is COc1cc([C@H]2c3sc(=O)[nH]c3SC3C(=O)N(c4cccc(C(F)(F)F)c4)C(=O)C32)ccc1OCC(=O)Nc1ccc(O)cc1. The van der Waals surface area contributed by atoms with Crippen LogP contribution in [-0.4, -0.2) is 46.8 Å². The molecule has 0 bridgehead atoms. The van der Waals surface area contributed by atoms with Crippen molar-refractivity contribution < 1.29 is 42.1 Å². The lowest BCUT2D eigenvalue weighted by Gasteiger charge is -2.30. The van der Waals surface area contributed by atoms with Gasteiger partial charge in [0.05, 0.1) is 29.3 Å². The van der Waals surface area contributed by atoms with Crippen molar-refractivity contribution in [1.82, 2.24) is 4.98 Å². The Morgan fingerprint density at radius 2 is 1.78 bits per heavy atom. The van der Waals surface area contributed by atoms with E-state index in [9.17, 15) is 37.5 Å². The smallest absolute Gasteiger partial charge is 0.416 e. The standard InChI is InChI=1S/C30H22F3N3O7S2/c1-42-20-11-14(5-10-19(20)43-13-21(38)34-16-6-8-18(37)9-7-16)22-23-25(44-26-24(22)45-29(41)35-26)28(40)36(27(23)39)17-4-2-3-15(12-17)30(31,32)33/h2-12,22-23,25,37H,13H2,1H3,(H,34,38)(H,35,41)/t22-,23?,25?/m1/s1. The highest BCUT2D eigenvalue weighted by atomic mass is 32.2. The molecule has 6 rings (SSSR count). The van der Waals surface area contributed by atoms with Crippen LogP contribution in [0.3, 0.4) is 0 Å². The number of thiazole rings is 1. The molecule has 1 fully saturated rings. The maximum Gasteiger partial charge on any atom is 0.416 e. The minimum absolute atomic E-state index is 0.0445. The fourth-order valence-corrected chi connectivity index (χ4v) is 7.85. The normalized spacial score (nSPS) is 19.2. The molecule has 3 aromatic carbocycles. The van der Waals surface area contributed by atoms with E-state index in [2.05, 4.69) is 10.3 Å². The molecule has 232 valence electrons. The summed E-state index contributed by atoms with van der Waals surface area (Å²) in [5.41, 5.74) is -0.256. The van der Waals surface area contributed by atoms with Crippen molar-refractivity contribution in [3.8, 4) is 17.2 Å². The van der Waals surface area contributed by atoms with Crippen molar-refractivity contribution in [1.29, 1.82) is 0 Å². The number of nitrogens with one attached hydrogen (secondary N) is 2. The molecule has 2 aliphatic rings. The number of aromatic nitrogens is 1. The van der Waals surface area contributed by atoms with Crippen LogP contribution < -0.4 is 24.6 Å². The number of H-pyrrole nitrogens is 1. The highest BCUT2D eigenvalue weighted by molar-refractivity contribution is 8.00. The molecule has 3 heterocycles. The Bertz CT molecular complexity index is 1870. The Balaban J connectivity index is 1.30. The minimum atomic E-state index is -4.68. The number of ether oxygens (including phenoxy) is 2. The van der Waals surface area contributed by atoms with Crippen molar-refractivity contribution in [2.45, 2.75) is 22.4 Å². The van der Waals surface area contributed by atoms with Gasteiger partial charge in [-0.3, -0.25) is 19.2 Å². The molecular weight excluding hydrogens is 635 g/mol. The number of thioether (sulfide) groups is 1. The van der Waals surface area contributed by atoms with Crippen molar-refractivity contribution >= 4 is 52.2 Å². The van der Waals surface area contributed by atoms with Crippen molar-refractivity contribution in [2.75, 3.05) is 23.9 Å². The largest absolute Gasteiger partial charge is 0.508 e. The number of imide groups is 1. The fourth-order valence-electron chi connectivity index (χ4n) is 5.33. The first kappa shape index (κ1) is 30.3. The predicted molar refractivity (Wildman–Crippen MR) is 159 cm³/mol. The van der Waals surface area contributed by atoms with Crippen LogP contribution in [0.1, 0.15) is 21.9 Å². The van der Waals surface area contributed by atoms with E-state index in [1.165, 1.54) is 43.5 Å². The minimum Gasteiger partial charge on any atom is -0.508 e. The maximum absolute atomic E-state index is 13.9. The fraction of sp³-hybridized carbons (Fsp3) is 0.200. The lowest BCUT2D eigenvalue weighted by Crippen LogP contribution is -2.32. The zero-order chi connectivity index (χ0) is 32.0. The number of rotatable bonds is 7. The number of benzene rings is 3. The molecular formula is C30H22F3N3O7S2. The molecule has 4 aromatic rings. The number of carbonyl (C=O) groups is 3. The second kappa shape index (κ2) is 11.6. The number of hydrogen-bond acceptors (Lipinski definition) is 9. The third-order valence-corrected chi connectivity index (χ3v) is 9.71. The van der Waals surface area contributed by atoms with E-state index in [1.807, 2.05) is 0 Å². The lowest BCUT2D eigenvalue weighted by atomic mass is 9.83. The van der Waals surface area contributed by atoms with Gasteiger partial charge in [0.2, 0.25) is 11.8 Å². The molecule has 3 N–H and O–H groups in total. The highest BCUT2D eigenvalue weighted by Crippen LogP contribution is 2.54. The number of fused-ring (bicyclic) bond motifs is 2. The number of hydrogen-bond donors (Lipinski definition) is 3. The molecule has 0 radical (unpaired) electrons. The molecule has 0 saturated carbocycles. The van der Waals surface area contributed by atoms with Crippen molar-refractivity contribution in [3.05, 3.63) is 92.4 Å². The zero-order valence-electron chi connectivity index (χ0n) is 23.1. The summed E-state index contributed by atoms with van der Waals surface area (Å²) in [6, 6.07) is 14.6. The van der Waals surface area contributed by atoms with Crippen LogP contribution >= 0.6 is 23.1 Å². The first-order chi connectivity index (χ1) is 21.4. The summed E-state index contributed by atoms with van der Waals surface area (Å²) in [4.78, 5) is 55.9. The van der Waals surface area contributed by atoms with Gasteiger partial charge in [0.1, 0.15) is 11.0 Å². The molecule has 3 atom stereocenters. The highest BCUT2D eigenvalue weighted by Gasteiger charge is 2.56. The van der Waals surface area contributed by atoms with Gasteiger partial charge in [0.15, 0.2) is 18.1 Å². The number of carbonyl (C=O) groups excluding carboxylic acids is 3. The lowest BCUT2D eigenvalue weighted by molar-refractivity contribution is -0.137. The second-order valence-corrected chi connectivity index (χ2v) is 12.3. The number of halogens is 3. The van der Waals surface area contributed by atoms with Crippen LogP contribution in [0.25, 0.3) is 0 Å². The average molecular weight is 658 g/mol. The van der Waals surface area contributed by atoms with E-state index in [4.69, 9.17) is 9.47 Å². The monoisotopic (exact) mass is 657 g/mol. The predicted octanol–water partition coefficient (Wildman–Crippen LogP) is 4.98. The Labute approximate surface area is 260 Å². The van der Waals surface area contributed by atoms with Crippen LogP contribution in [0, 0.1) is 5.92 Å². The molecule has 0 aliphatic carbocycles. The molecule has 10 nitrogen and oxygen atoms in total. The molecule has 15 heteroatoms. The van der Waals surface area contributed by atoms with Crippen LogP contribution in [0.4, 0.5) is 24.5 Å². The average Bonchev–Trinajstić information content (AvgIpc) is 3.50. The summed E-state index contributed by atoms with van der Waals surface area (Å²) >= 11 is 1.88. The van der Waals surface area contributed by atoms with Gasteiger partial charge in [-0.1, -0.05) is 35.2 Å². The Morgan fingerprint density at radius 3 is 2.49 bits per heavy atom. The Hall–Kier alpha value is -4.76. The molecule has 1 aromatic heterocycles. The van der Waals surface area contributed by atoms with Crippen LogP contribution in [0.2, 0.25) is 0 Å². The summed E-state index contributed by atoms with van der Waals surface area (Å²) in [6.07, 6.45) is -4.68. The van der Waals surface area contributed by atoms with E-state index in [0.29, 0.717) is 21.2 Å².